The van der Waals surface area contributed by atoms with Crippen molar-refractivity contribution in [1.82, 2.24) is 9.80 Å². The summed E-state index contributed by atoms with van der Waals surface area (Å²) in [4.78, 5) is 16.6. The second-order valence-electron chi connectivity index (χ2n) is 7.72. The Morgan fingerprint density at radius 3 is 2.55 bits per heavy atom. The predicted octanol–water partition coefficient (Wildman–Crippen LogP) is 2.35. The maximum absolute atomic E-state index is 13.9. The summed E-state index contributed by atoms with van der Waals surface area (Å²) in [5.41, 5.74) is 0.412. The van der Waals surface area contributed by atoms with E-state index in [1.807, 2.05) is 4.90 Å². The van der Waals surface area contributed by atoms with E-state index in [9.17, 15) is 17.6 Å². The third-order valence-corrected chi connectivity index (χ3v) is 7.53. The minimum Gasteiger partial charge on any atom is -0.461 e. The van der Waals surface area contributed by atoms with Crippen LogP contribution in [0.2, 0.25) is 0 Å². The third-order valence-electron chi connectivity index (χ3n) is 5.78. The molecule has 1 aromatic heterocycles. The van der Waals surface area contributed by atoms with E-state index in [1.54, 1.807) is 30.3 Å². The summed E-state index contributed by atoms with van der Waals surface area (Å²) in [5.74, 6) is 1.36. The zero-order valence-electron chi connectivity index (χ0n) is 16.2. The van der Waals surface area contributed by atoms with Crippen molar-refractivity contribution in [3.63, 3.8) is 0 Å². The Kier molecular flexibility index (Phi) is 5.74. The zero-order valence-corrected chi connectivity index (χ0v) is 17.0. The molecule has 1 unspecified atom stereocenters. The molecule has 2 aliphatic rings. The molecule has 1 atom stereocenters. The van der Waals surface area contributed by atoms with Crippen LogP contribution in [0.15, 0.2) is 40.8 Å². The van der Waals surface area contributed by atoms with E-state index in [4.69, 9.17) is 4.42 Å². The van der Waals surface area contributed by atoms with Gasteiger partial charge >= 0.3 is 0 Å². The normalized spacial score (nSPS) is 22.1. The first kappa shape index (κ1) is 20.1. The summed E-state index contributed by atoms with van der Waals surface area (Å²) in [6.07, 6.45) is 1.50. The lowest BCUT2D eigenvalue weighted by Gasteiger charge is -2.37. The lowest BCUT2D eigenvalue weighted by atomic mass is 10.1. The van der Waals surface area contributed by atoms with Crippen molar-refractivity contribution in [2.45, 2.75) is 25.3 Å². The fraction of sp³-hybridized carbons (Fsp3) is 0.476. The van der Waals surface area contributed by atoms with Crippen LogP contribution in [-0.4, -0.2) is 67.9 Å². The van der Waals surface area contributed by atoms with E-state index in [2.05, 4.69) is 4.90 Å². The maximum Gasteiger partial charge on any atom is 0.223 e. The Bertz CT molecular complexity index is 980. The van der Waals surface area contributed by atoms with Crippen molar-refractivity contribution in [2.75, 3.05) is 37.7 Å². The summed E-state index contributed by atoms with van der Waals surface area (Å²) in [6, 6.07) is 10.1. The second-order valence-corrected chi connectivity index (χ2v) is 9.95. The van der Waals surface area contributed by atoms with Gasteiger partial charge in [0.1, 0.15) is 17.3 Å². The molecule has 0 N–H and O–H groups in total. The highest BCUT2D eigenvalue weighted by Crippen LogP contribution is 2.25. The minimum absolute atomic E-state index is 0.0625. The summed E-state index contributed by atoms with van der Waals surface area (Å²) in [6.45, 7) is 2.66. The summed E-state index contributed by atoms with van der Waals surface area (Å²) < 4.78 is 42.9. The molecule has 2 aromatic rings. The van der Waals surface area contributed by atoms with Crippen LogP contribution in [0.5, 0.6) is 0 Å². The summed E-state index contributed by atoms with van der Waals surface area (Å²) in [7, 11) is -2.89. The van der Waals surface area contributed by atoms with Crippen LogP contribution in [0.3, 0.4) is 0 Å². The van der Waals surface area contributed by atoms with E-state index in [-0.39, 0.29) is 29.3 Å². The number of sulfone groups is 1. The van der Waals surface area contributed by atoms with Gasteiger partial charge in [-0.05, 0) is 30.7 Å². The number of nitrogens with zero attached hydrogens (tertiary/aromatic N) is 2. The first-order chi connectivity index (χ1) is 13.9. The smallest absolute Gasteiger partial charge is 0.223 e. The third kappa shape index (κ3) is 4.70. The van der Waals surface area contributed by atoms with E-state index < -0.39 is 9.84 Å². The van der Waals surface area contributed by atoms with E-state index in [0.29, 0.717) is 62.5 Å². The topological polar surface area (TPSA) is 70.8 Å². The van der Waals surface area contributed by atoms with Gasteiger partial charge in [-0.15, -0.1) is 0 Å². The Morgan fingerprint density at radius 1 is 1.10 bits per heavy atom. The summed E-state index contributed by atoms with van der Waals surface area (Å²) in [5, 5.41) is 0. The molecule has 2 fully saturated rings. The van der Waals surface area contributed by atoms with E-state index in [0.717, 1.165) is 0 Å². The van der Waals surface area contributed by atoms with Gasteiger partial charge < -0.3 is 9.32 Å². The minimum atomic E-state index is -2.89. The second kappa shape index (κ2) is 8.28. The van der Waals surface area contributed by atoms with Gasteiger partial charge in [-0.3, -0.25) is 9.69 Å². The van der Waals surface area contributed by atoms with Crippen molar-refractivity contribution in [3.05, 3.63) is 48.0 Å². The summed E-state index contributed by atoms with van der Waals surface area (Å²) >= 11 is 0. The highest BCUT2D eigenvalue weighted by Gasteiger charge is 2.34. The molecule has 1 aromatic carbocycles. The van der Waals surface area contributed by atoms with E-state index in [1.165, 1.54) is 6.07 Å². The van der Waals surface area contributed by atoms with Crippen molar-refractivity contribution in [1.29, 1.82) is 0 Å². The van der Waals surface area contributed by atoms with Gasteiger partial charge in [0.05, 0.1) is 17.1 Å². The number of hydrogen-bond donors (Lipinski definition) is 0. The molecule has 8 heteroatoms. The number of amides is 1. The molecule has 156 valence electrons. The molecule has 0 spiro atoms. The molecule has 0 aliphatic carbocycles. The fourth-order valence-corrected chi connectivity index (χ4v) is 5.87. The average Bonchev–Trinajstić information content (AvgIpc) is 3.33. The molecule has 29 heavy (non-hydrogen) atoms. The fourth-order valence-electron chi connectivity index (χ4n) is 4.11. The predicted molar refractivity (Wildman–Crippen MR) is 108 cm³/mol. The molecule has 3 heterocycles. The van der Waals surface area contributed by atoms with Crippen LogP contribution in [0, 0.1) is 5.82 Å². The Labute approximate surface area is 170 Å². The SMILES string of the molecule is O=C(CCc1ccc(-c2ccccc2F)o1)N1CCN(C2CCS(=O)(=O)C2)CC1. The molecular formula is C21H25FN2O4S. The molecular weight excluding hydrogens is 395 g/mol. The molecule has 1 amide bonds. The van der Waals surface area contributed by atoms with Gasteiger partial charge in [0, 0.05) is 45.1 Å². The van der Waals surface area contributed by atoms with Gasteiger partial charge in [0.15, 0.2) is 9.84 Å². The number of aryl methyl sites for hydroxylation is 1. The lowest BCUT2D eigenvalue weighted by Crippen LogP contribution is -2.52. The van der Waals surface area contributed by atoms with Crippen molar-refractivity contribution in [2.24, 2.45) is 0 Å². The van der Waals surface area contributed by atoms with Gasteiger partial charge in [-0.2, -0.15) is 0 Å². The van der Waals surface area contributed by atoms with E-state index >= 15 is 0 Å². The molecule has 4 rings (SSSR count). The maximum atomic E-state index is 13.9. The molecule has 6 nitrogen and oxygen atoms in total. The number of halogens is 1. The lowest BCUT2D eigenvalue weighted by molar-refractivity contribution is -0.133. The van der Waals surface area contributed by atoms with Crippen LogP contribution in [0.1, 0.15) is 18.6 Å². The Balaban J connectivity index is 1.26. The van der Waals surface area contributed by atoms with Crippen LogP contribution in [-0.2, 0) is 21.1 Å². The van der Waals surface area contributed by atoms with Crippen LogP contribution in [0.4, 0.5) is 4.39 Å². The zero-order chi connectivity index (χ0) is 20.4. The van der Waals surface area contributed by atoms with Crippen molar-refractivity contribution < 1.29 is 22.0 Å². The molecule has 0 bridgehead atoms. The van der Waals surface area contributed by atoms with Gasteiger partial charge in [-0.25, -0.2) is 12.8 Å². The van der Waals surface area contributed by atoms with Crippen molar-refractivity contribution in [3.8, 4) is 11.3 Å². The average molecular weight is 421 g/mol. The number of benzene rings is 1. The standard InChI is InChI=1S/C21H25FN2O4S/c22-19-4-2-1-3-18(19)20-7-5-17(28-20)6-8-21(25)24-12-10-23(11-13-24)16-9-14-29(26,27)15-16/h1-5,7,16H,6,8-15H2. The first-order valence-electron chi connectivity index (χ1n) is 9.97. The highest BCUT2D eigenvalue weighted by atomic mass is 32.2. The van der Waals surface area contributed by atoms with Crippen molar-refractivity contribution >= 4 is 15.7 Å². The quantitative estimate of drug-likeness (QED) is 0.743. The van der Waals surface area contributed by atoms with Crippen LogP contribution >= 0.6 is 0 Å². The molecule has 0 radical (unpaired) electrons. The number of rotatable bonds is 5. The number of piperazine rings is 1. The molecule has 2 saturated heterocycles. The largest absolute Gasteiger partial charge is 0.461 e. The Hall–Kier alpha value is -2.19. The van der Waals surface area contributed by atoms with Crippen LogP contribution in [0.25, 0.3) is 11.3 Å². The molecule has 0 saturated carbocycles. The van der Waals surface area contributed by atoms with Gasteiger partial charge in [0.25, 0.3) is 0 Å². The number of carbonyl (C=O) groups excluding carboxylic acids is 1. The molecule has 2 aliphatic heterocycles. The number of carbonyl (C=O) groups is 1. The number of hydrogen-bond acceptors (Lipinski definition) is 5. The Morgan fingerprint density at radius 2 is 1.86 bits per heavy atom. The van der Waals surface area contributed by atoms with Gasteiger partial charge in [0.2, 0.25) is 5.91 Å². The first-order valence-corrected chi connectivity index (χ1v) is 11.8. The highest BCUT2D eigenvalue weighted by molar-refractivity contribution is 7.91. The monoisotopic (exact) mass is 420 g/mol. The van der Waals surface area contributed by atoms with Crippen LogP contribution < -0.4 is 0 Å². The number of furan rings is 1. The van der Waals surface area contributed by atoms with Gasteiger partial charge in [-0.1, -0.05) is 12.1 Å².